The molecule has 9 heteroatoms. The molecular formula is C29H38O9. The van der Waals surface area contributed by atoms with E-state index >= 15 is 0 Å². The van der Waals surface area contributed by atoms with Crippen molar-refractivity contribution >= 4 is 11.9 Å². The number of ether oxygens (including phenoxy) is 6. The third-order valence-corrected chi connectivity index (χ3v) is 10.1. The van der Waals surface area contributed by atoms with Crippen LogP contribution in [0.3, 0.4) is 0 Å². The second kappa shape index (κ2) is 9.27. The quantitative estimate of drug-likeness (QED) is 0.287. The molecule has 3 saturated heterocycles. The molecule has 5 unspecified atom stereocenters. The predicted octanol–water partition coefficient (Wildman–Crippen LogP) is 2.76. The van der Waals surface area contributed by atoms with Gasteiger partial charge in [-0.1, -0.05) is 43.7 Å². The Morgan fingerprint density at radius 2 is 1.82 bits per heavy atom. The van der Waals surface area contributed by atoms with Gasteiger partial charge in [0.15, 0.2) is 12.4 Å². The highest BCUT2D eigenvalue weighted by Crippen LogP contribution is 2.72. The molecule has 0 amide bonds. The number of epoxide rings is 1. The van der Waals surface area contributed by atoms with E-state index in [1.54, 1.807) is 19.1 Å². The largest absolute Gasteiger partial charge is 0.463 e. The highest BCUT2D eigenvalue weighted by molar-refractivity contribution is 5.82. The van der Waals surface area contributed by atoms with Crippen LogP contribution in [0.1, 0.15) is 53.4 Å². The van der Waals surface area contributed by atoms with Crippen molar-refractivity contribution in [2.24, 2.45) is 16.7 Å². The molecule has 11 atom stereocenters. The first-order chi connectivity index (χ1) is 18.1. The van der Waals surface area contributed by atoms with E-state index in [0.717, 1.165) is 6.42 Å². The van der Waals surface area contributed by atoms with Crippen LogP contribution < -0.4 is 0 Å². The Morgan fingerprint density at radius 1 is 1.03 bits per heavy atom. The number of hydrogen-bond donors (Lipinski definition) is 1. The normalized spacial score (nSPS) is 52.2. The zero-order valence-electron chi connectivity index (χ0n) is 22.5. The smallest absolute Gasteiger partial charge is 0.335 e. The fourth-order valence-electron chi connectivity index (χ4n) is 7.52. The lowest BCUT2D eigenvalue weighted by atomic mass is 9.51. The number of carbonyl (C=O) groups excluding carboxylic acids is 2. The molecule has 4 aliphatic heterocycles. The molecule has 0 radical (unpaired) electrons. The zero-order chi connectivity index (χ0) is 26.9. The van der Waals surface area contributed by atoms with E-state index in [4.69, 9.17) is 28.4 Å². The number of rotatable bonds is 0. The number of esters is 2. The standard InChI is InChI=1S/C29H38O9/c1-16-9-10-28-14-33-26(32)25(31)17(2)12-24-35-18(3)19(36-24)7-5-6-8-23(30)38-20-13-22(37-21(28)11-16)29(15-34-29)27(20,28)4/h5-8,11,17-22,24-25,31H,9-10,12-15H2,1-4H3/b7-5+,8-6-/t17?,18?,19?,20?,21-,22-,24?,25+,27-,28-,29+/m1/s1. The van der Waals surface area contributed by atoms with E-state index in [1.807, 2.05) is 13.0 Å². The van der Waals surface area contributed by atoms with Gasteiger partial charge in [-0.05, 0) is 32.6 Å². The molecule has 0 aromatic heterocycles. The Morgan fingerprint density at radius 3 is 2.58 bits per heavy atom. The minimum absolute atomic E-state index is 0.0283. The van der Waals surface area contributed by atoms with E-state index in [9.17, 15) is 14.7 Å². The zero-order valence-corrected chi connectivity index (χ0v) is 22.5. The van der Waals surface area contributed by atoms with Crippen LogP contribution >= 0.6 is 0 Å². The van der Waals surface area contributed by atoms with E-state index < -0.39 is 52.8 Å². The second-order valence-electron chi connectivity index (χ2n) is 12.1. The van der Waals surface area contributed by atoms with Gasteiger partial charge in [0.25, 0.3) is 0 Å². The van der Waals surface area contributed by atoms with Gasteiger partial charge in [-0.15, -0.1) is 0 Å². The van der Waals surface area contributed by atoms with Crippen molar-refractivity contribution in [1.29, 1.82) is 0 Å². The molecule has 0 aromatic rings. The van der Waals surface area contributed by atoms with E-state index in [2.05, 4.69) is 19.9 Å². The molecule has 208 valence electrons. The lowest BCUT2D eigenvalue weighted by Crippen LogP contribution is -2.67. The van der Waals surface area contributed by atoms with Crippen molar-refractivity contribution in [2.45, 2.75) is 102 Å². The number of fused-ring (bicyclic) bond motifs is 2. The summed E-state index contributed by atoms with van der Waals surface area (Å²) in [6.07, 6.45) is 7.64. The molecule has 4 heterocycles. The summed E-state index contributed by atoms with van der Waals surface area (Å²) in [4.78, 5) is 26.2. The van der Waals surface area contributed by atoms with Crippen molar-refractivity contribution in [1.82, 2.24) is 0 Å². The minimum atomic E-state index is -1.34. The number of cyclic esters (lactones) is 1. The number of hydrogen-bond acceptors (Lipinski definition) is 9. The molecule has 4 fully saturated rings. The highest BCUT2D eigenvalue weighted by Gasteiger charge is 2.83. The predicted molar refractivity (Wildman–Crippen MR) is 134 cm³/mol. The van der Waals surface area contributed by atoms with Crippen LogP contribution in [0, 0.1) is 16.7 Å². The SMILES string of the molecule is CC1=C[C@H]2O[C@@H]3CC4OC(=O)/C=C\C=C\C5OC(CC(C)[C@H](O)C(=O)OC[C@@]2(CC1)[C@]4(C)[C@]31CO1)OC5C. The summed E-state index contributed by atoms with van der Waals surface area (Å²) in [5.41, 5.74) is -0.721. The van der Waals surface area contributed by atoms with Gasteiger partial charge in [-0.2, -0.15) is 0 Å². The molecule has 0 aromatic carbocycles. The van der Waals surface area contributed by atoms with E-state index in [1.165, 1.54) is 11.6 Å². The van der Waals surface area contributed by atoms with Gasteiger partial charge in [-0.3, -0.25) is 0 Å². The number of aliphatic hydroxyl groups is 1. The van der Waals surface area contributed by atoms with Crippen LogP contribution in [-0.4, -0.2) is 78.8 Å². The third-order valence-electron chi connectivity index (χ3n) is 10.1. The van der Waals surface area contributed by atoms with Crippen LogP contribution in [0.4, 0.5) is 0 Å². The fourth-order valence-corrected chi connectivity index (χ4v) is 7.52. The second-order valence-corrected chi connectivity index (χ2v) is 12.1. The summed E-state index contributed by atoms with van der Waals surface area (Å²) in [6, 6.07) is 0. The van der Waals surface area contributed by atoms with Crippen LogP contribution in [0.25, 0.3) is 0 Å². The number of allylic oxidation sites excluding steroid dienone is 3. The molecule has 4 bridgehead atoms. The lowest BCUT2D eigenvalue weighted by Gasteiger charge is -2.58. The van der Waals surface area contributed by atoms with Crippen LogP contribution in [0.5, 0.6) is 0 Å². The van der Waals surface area contributed by atoms with Gasteiger partial charge in [0.2, 0.25) is 0 Å². The molecule has 2 aliphatic carbocycles. The maximum absolute atomic E-state index is 13.2. The summed E-state index contributed by atoms with van der Waals surface area (Å²) in [6.45, 7) is 8.40. The highest BCUT2D eigenvalue weighted by atomic mass is 16.7. The Balaban J connectivity index is 1.36. The average Bonchev–Trinajstić information content (AvgIpc) is 3.58. The third kappa shape index (κ3) is 3.84. The first kappa shape index (κ1) is 26.2. The summed E-state index contributed by atoms with van der Waals surface area (Å²) in [7, 11) is 0. The Bertz CT molecular complexity index is 1080. The van der Waals surface area contributed by atoms with Crippen LogP contribution in [0.15, 0.2) is 36.0 Å². The molecule has 9 nitrogen and oxygen atoms in total. The molecule has 6 aliphatic rings. The van der Waals surface area contributed by atoms with Gasteiger partial charge in [0.1, 0.15) is 24.4 Å². The summed E-state index contributed by atoms with van der Waals surface area (Å²) in [5.74, 6) is -1.58. The van der Waals surface area contributed by atoms with Crippen molar-refractivity contribution in [3.8, 4) is 0 Å². The van der Waals surface area contributed by atoms with Crippen LogP contribution in [-0.2, 0) is 38.0 Å². The number of aliphatic hydroxyl groups excluding tert-OH is 1. The molecule has 2 spiro atoms. The van der Waals surface area contributed by atoms with Crippen molar-refractivity contribution in [3.05, 3.63) is 36.0 Å². The van der Waals surface area contributed by atoms with Crippen LogP contribution in [0.2, 0.25) is 0 Å². The molecule has 6 rings (SSSR count). The Kier molecular flexibility index (Phi) is 6.39. The van der Waals surface area contributed by atoms with Gasteiger partial charge in [0.05, 0.1) is 30.3 Å². The van der Waals surface area contributed by atoms with Crippen molar-refractivity contribution in [2.75, 3.05) is 13.2 Å². The van der Waals surface area contributed by atoms with Crippen molar-refractivity contribution < 1.29 is 43.1 Å². The molecule has 1 N–H and O–H groups in total. The summed E-state index contributed by atoms with van der Waals surface area (Å²) >= 11 is 0. The molecule has 1 saturated carbocycles. The molecular weight excluding hydrogens is 492 g/mol. The van der Waals surface area contributed by atoms with E-state index in [-0.39, 0.29) is 31.0 Å². The number of carbonyl (C=O) groups is 2. The molecule has 38 heavy (non-hydrogen) atoms. The first-order valence-corrected chi connectivity index (χ1v) is 13.8. The Hall–Kier alpha value is -2.04. The maximum Gasteiger partial charge on any atom is 0.335 e. The van der Waals surface area contributed by atoms with Crippen molar-refractivity contribution in [3.63, 3.8) is 0 Å². The van der Waals surface area contributed by atoms with Gasteiger partial charge in [-0.25, -0.2) is 9.59 Å². The van der Waals surface area contributed by atoms with Gasteiger partial charge < -0.3 is 33.5 Å². The topological polar surface area (TPSA) is 113 Å². The first-order valence-electron chi connectivity index (χ1n) is 13.8. The van der Waals surface area contributed by atoms with E-state index in [0.29, 0.717) is 25.9 Å². The lowest BCUT2D eigenvalue weighted by molar-refractivity contribution is -0.234. The van der Waals surface area contributed by atoms with Gasteiger partial charge >= 0.3 is 11.9 Å². The fraction of sp³-hybridized carbons (Fsp3) is 0.724. The summed E-state index contributed by atoms with van der Waals surface area (Å²) in [5, 5.41) is 10.9. The Labute approximate surface area is 223 Å². The summed E-state index contributed by atoms with van der Waals surface area (Å²) < 4.78 is 36.6. The monoisotopic (exact) mass is 530 g/mol. The minimum Gasteiger partial charge on any atom is -0.463 e. The maximum atomic E-state index is 13.2. The van der Waals surface area contributed by atoms with Gasteiger partial charge in [0, 0.05) is 24.3 Å². The average molecular weight is 531 g/mol.